The highest BCUT2D eigenvalue weighted by molar-refractivity contribution is 5.72. The maximum atomic E-state index is 12.9. The summed E-state index contributed by atoms with van der Waals surface area (Å²) >= 11 is 0. The number of aromatic nitrogens is 3. The molecule has 7 nitrogen and oxygen atoms in total. The lowest BCUT2D eigenvalue weighted by molar-refractivity contribution is -0.151. The molecule has 10 heteroatoms. The minimum atomic E-state index is -4.45. The lowest BCUT2D eigenvalue weighted by Gasteiger charge is -2.35. The summed E-state index contributed by atoms with van der Waals surface area (Å²) in [7, 11) is 0. The summed E-state index contributed by atoms with van der Waals surface area (Å²) in [5.74, 6) is -0.0979. The molecule has 0 radical (unpaired) electrons. The molecule has 1 saturated carbocycles. The van der Waals surface area contributed by atoms with Crippen LogP contribution in [-0.4, -0.2) is 44.4 Å². The van der Waals surface area contributed by atoms with Crippen LogP contribution in [0.25, 0.3) is 5.65 Å². The molecule has 2 aromatic heterocycles. The summed E-state index contributed by atoms with van der Waals surface area (Å²) < 4.78 is 45.0. The van der Waals surface area contributed by atoms with Crippen molar-refractivity contribution in [1.82, 2.24) is 19.9 Å². The molecule has 0 saturated heterocycles. The number of hydrogen-bond acceptors (Lipinski definition) is 6. The number of esters is 1. The maximum absolute atomic E-state index is 12.9. The molecule has 0 bridgehead atoms. The molecule has 2 heterocycles. The largest absolute Gasteiger partial charge is 0.466 e. The van der Waals surface area contributed by atoms with E-state index in [0.29, 0.717) is 43.8 Å². The Morgan fingerprint density at radius 2 is 2.07 bits per heavy atom. The molecule has 3 rings (SSSR count). The van der Waals surface area contributed by atoms with Gasteiger partial charge in [0.25, 0.3) is 0 Å². The first-order valence-electron chi connectivity index (χ1n) is 9.22. The Morgan fingerprint density at radius 1 is 1.36 bits per heavy atom. The van der Waals surface area contributed by atoms with Crippen LogP contribution in [0.5, 0.6) is 0 Å². The summed E-state index contributed by atoms with van der Waals surface area (Å²) in [6, 6.07) is 2.23. The van der Waals surface area contributed by atoms with Gasteiger partial charge in [0, 0.05) is 12.7 Å². The summed E-state index contributed by atoms with van der Waals surface area (Å²) in [4.78, 5) is 11.8. The Kier molecular flexibility index (Phi) is 5.90. The number of ether oxygens (including phenoxy) is 1. The van der Waals surface area contributed by atoms with Crippen molar-refractivity contribution in [3.63, 3.8) is 0 Å². The van der Waals surface area contributed by atoms with Crippen molar-refractivity contribution >= 4 is 11.6 Å². The van der Waals surface area contributed by atoms with Crippen molar-refractivity contribution in [1.29, 1.82) is 0 Å². The van der Waals surface area contributed by atoms with Crippen molar-refractivity contribution in [3.8, 4) is 0 Å². The van der Waals surface area contributed by atoms with Gasteiger partial charge < -0.3 is 15.2 Å². The molecule has 1 fully saturated rings. The summed E-state index contributed by atoms with van der Waals surface area (Å²) in [5, 5.41) is 21.5. The predicted octanol–water partition coefficient (Wildman–Crippen LogP) is 2.32. The Labute approximate surface area is 159 Å². The molecule has 2 N–H and O–H groups in total. The quantitative estimate of drug-likeness (QED) is 0.724. The van der Waals surface area contributed by atoms with Gasteiger partial charge in [0.05, 0.1) is 30.2 Å². The van der Waals surface area contributed by atoms with E-state index in [4.69, 9.17) is 4.74 Å². The van der Waals surface area contributed by atoms with E-state index in [1.807, 2.05) is 0 Å². The zero-order valence-electron chi connectivity index (χ0n) is 15.5. The number of hydrogen-bond donors (Lipinski definition) is 2. The molecule has 0 spiro atoms. The number of aliphatic hydroxyl groups is 1. The number of fused-ring (bicyclic) bond motifs is 1. The van der Waals surface area contributed by atoms with Gasteiger partial charge in [0.1, 0.15) is 0 Å². The van der Waals surface area contributed by atoms with Crippen LogP contribution in [0.4, 0.5) is 13.2 Å². The fourth-order valence-electron chi connectivity index (χ4n) is 3.46. The molecule has 154 valence electrons. The van der Waals surface area contributed by atoms with Crippen LogP contribution in [0.2, 0.25) is 0 Å². The van der Waals surface area contributed by atoms with Crippen LogP contribution in [0.3, 0.4) is 0 Å². The van der Waals surface area contributed by atoms with Gasteiger partial charge in [-0.15, -0.1) is 10.2 Å². The second-order valence-electron chi connectivity index (χ2n) is 7.11. The van der Waals surface area contributed by atoms with Crippen LogP contribution in [-0.2, 0) is 22.3 Å². The van der Waals surface area contributed by atoms with Gasteiger partial charge >= 0.3 is 12.1 Å². The molecule has 2 aromatic rings. The van der Waals surface area contributed by atoms with Gasteiger partial charge in [0.15, 0.2) is 11.5 Å². The van der Waals surface area contributed by atoms with E-state index in [-0.39, 0.29) is 25.0 Å². The lowest BCUT2D eigenvalue weighted by atomic mass is 9.79. The number of halogens is 3. The number of alkyl halides is 3. The number of rotatable bonds is 6. The Hall–Kier alpha value is -2.20. The van der Waals surface area contributed by atoms with Crippen LogP contribution >= 0.6 is 0 Å². The van der Waals surface area contributed by atoms with E-state index >= 15 is 0 Å². The van der Waals surface area contributed by atoms with Crippen LogP contribution in [0.1, 0.15) is 44.0 Å². The van der Waals surface area contributed by atoms with Gasteiger partial charge in [-0.2, -0.15) is 13.2 Å². The zero-order valence-corrected chi connectivity index (χ0v) is 15.5. The second kappa shape index (κ2) is 8.04. The summed E-state index contributed by atoms with van der Waals surface area (Å²) in [6.07, 6.45) is -1.51. The summed E-state index contributed by atoms with van der Waals surface area (Å²) in [6.45, 7) is 2.50. The highest BCUT2D eigenvalue weighted by atomic mass is 19.4. The van der Waals surface area contributed by atoms with E-state index in [9.17, 15) is 23.1 Å². The number of nitrogens with zero attached hydrogens (tertiary/aromatic N) is 3. The van der Waals surface area contributed by atoms with Gasteiger partial charge in [-0.05, 0) is 44.7 Å². The third-order valence-electron chi connectivity index (χ3n) is 5.07. The molecular formula is C18H23F3N4O3. The Bertz CT molecular complexity index is 829. The van der Waals surface area contributed by atoms with Gasteiger partial charge in [0.2, 0.25) is 0 Å². The van der Waals surface area contributed by atoms with Gasteiger partial charge in [-0.3, -0.25) is 9.20 Å². The molecule has 28 heavy (non-hydrogen) atoms. The van der Waals surface area contributed by atoms with Gasteiger partial charge in [-0.25, -0.2) is 0 Å². The first-order valence-corrected chi connectivity index (χ1v) is 9.22. The fourth-order valence-corrected chi connectivity index (χ4v) is 3.46. The topological polar surface area (TPSA) is 88.8 Å². The molecule has 1 aliphatic carbocycles. The van der Waals surface area contributed by atoms with Crippen molar-refractivity contribution in [2.45, 2.75) is 50.9 Å². The smallest absolute Gasteiger partial charge is 0.417 e. The third-order valence-corrected chi connectivity index (χ3v) is 5.07. The first-order chi connectivity index (χ1) is 13.2. The third kappa shape index (κ3) is 4.61. The van der Waals surface area contributed by atoms with Crippen LogP contribution in [0, 0.1) is 5.92 Å². The normalized spacial score (nSPS) is 23.1. The highest BCUT2D eigenvalue weighted by Crippen LogP contribution is 2.32. The SMILES string of the molecule is CCOC(=O)C1CCC(O)(CNCc2nnc3ccc(C(F)(F)F)cn23)CC1. The van der Waals surface area contributed by atoms with E-state index in [1.165, 1.54) is 10.5 Å². The molecule has 1 aliphatic rings. The standard InChI is InChI=1S/C18H23F3N4O3/c1-2-28-16(26)12-5-7-17(27,8-6-12)11-22-9-15-24-23-14-4-3-13(10-25(14)15)18(19,20)21/h3-4,10,12,22,27H,2,5-9,11H2,1H3. The van der Waals surface area contributed by atoms with E-state index in [0.717, 1.165) is 12.3 Å². The highest BCUT2D eigenvalue weighted by Gasteiger charge is 2.36. The van der Waals surface area contributed by atoms with Crippen molar-refractivity contribution in [2.24, 2.45) is 5.92 Å². The first kappa shape index (κ1) is 20.5. The van der Waals surface area contributed by atoms with Crippen LogP contribution in [0.15, 0.2) is 18.3 Å². The number of carbonyl (C=O) groups excluding carboxylic acids is 1. The monoisotopic (exact) mass is 400 g/mol. The molecule has 0 aliphatic heterocycles. The minimum absolute atomic E-state index is 0.159. The Morgan fingerprint density at radius 3 is 2.71 bits per heavy atom. The molecular weight excluding hydrogens is 377 g/mol. The van der Waals surface area contributed by atoms with E-state index < -0.39 is 17.3 Å². The zero-order chi connectivity index (χ0) is 20.4. The maximum Gasteiger partial charge on any atom is 0.417 e. The Balaban J connectivity index is 1.57. The number of nitrogens with one attached hydrogen (secondary N) is 1. The minimum Gasteiger partial charge on any atom is -0.466 e. The number of pyridine rings is 1. The van der Waals surface area contributed by atoms with E-state index in [2.05, 4.69) is 15.5 Å². The molecule has 0 atom stereocenters. The van der Waals surface area contributed by atoms with E-state index in [1.54, 1.807) is 6.92 Å². The van der Waals surface area contributed by atoms with Crippen LogP contribution < -0.4 is 5.32 Å². The lowest BCUT2D eigenvalue weighted by Crippen LogP contribution is -2.44. The molecule has 0 aromatic carbocycles. The fraction of sp³-hybridized carbons (Fsp3) is 0.611. The second-order valence-corrected chi connectivity index (χ2v) is 7.11. The summed E-state index contributed by atoms with van der Waals surface area (Å²) in [5.41, 5.74) is -1.43. The molecule has 0 unspecified atom stereocenters. The predicted molar refractivity (Wildman–Crippen MR) is 93.2 cm³/mol. The van der Waals surface area contributed by atoms with Crippen molar-refractivity contribution in [3.05, 3.63) is 29.7 Å². The van der Waals surface area contributed by atoms with Crippen molar-refractivity contribution < 1.29 is 27.8 Å². The average molecular weight is 400 g/mol. The molecule has 0 amide bonds. The average Bonchev–Trinajstić information content (AvgIpc) is 3.04. The number of carbonyl (C=O) groups is 1. The van der Waals surface area contributed by atoms with Gasteiger partial charge in [-0.1, -0.05) is 0 Å². The van der Waals surface area contributed by atoms with Crippen molar-refractivity contribution in [2.75, 3.05) is 13.2 Å².